The number of aryl methyl sites for hydroxylation is 1. The standard InChI is InChI=1S/C22H25BrS/c1-2-3-4-5-6-8-18-11-14-20(15-12-18)22(24)16-13-19-9-7-10-21(23)17-19/h7,9-17H,2-6,8H2,1H3. The van der Waals surface area contributed by atoms with Crippen molar-refractivity contribution in [2.24, 2.45) is 0 Å². The van der Waals surface area contributed by atoms with E-state index in [1.165, 1.54) is 44.1 Å². The average molecular weight is 401 g/mol. The molecule has 0 saturated carbocycles. The number of halogens is 1. The van der Waals surface area contributed by atoms with Gasteiger partial charge in [-0.1, -0.05) is 103 Å². The maximum Gasteiger partial charge on any atom is 0.0449 e. The van der Waals surface area contributed by atoms with Crippen LogP contribution in [0.2, 0.25) is 0 Å². The highest BCUT2D eigenvalue weighted by atomic mass is 79.9. The van der Waals surface area contributed by atoms with Crippen LogP contribution in [0.25, 0.3) is 6.08 Å². The molecule has 0 fully saturated rings. The molecule has 24 heavy (non-hydrogen) atoms. The van der Waals surface area contributed by atoms with Gasteiger partial charge in [0, 0.05) is 9.34 Å². The van der Waals surface area contributed by atoms with Crippen LogP contribution >= 0.6 is 28.1 Å². The molecule has 2 aromatic carbocycles. The van der Waals surface area contributed by atoms with E-state index in [4.69, 9.17) is 12.2 Å². The minimum Gasteiger partial charge on any atom is -0.0795 e. The maximum atomic E-state index is 5.53. The number of rotatable bonds is 9. The van der Waals surface area contributed by atoms with Crippen molar-refractivity contribution < 1.29 is 0 Å². The monoisotopic (exact) mass is 400 g/mol. The highest BCUT2D eigenvalue weighted by Gasteiger charge is 1.99. The van der Waals surface area contributed by atoms with E-state index in [0.29, 0.717) is 0 Å². The largest absolute Gasteiger partial charge is 0.0795 e. The van der Waals surface area contributed by atoms with Crippen molar-refractivity contribution in [1.82, 2.24) is 0 Å². The van der Waals surface area contributed by atoms with Gasteiger partial charge in [0.1, 0.15) is 0 Å². The second kappa shape index (κ2) is 10.6. The van der Waals surface area contributed by atoms with E-state index in [9.17, 15) is 0 Å². The minimum atomic E-state index is 0.879. The van der Waals surface area contributed by atoms with Crippen molar-refractivity contribution in [1.29, 1.82) is 0 Å². The van der Waals surface area contributed by atoms with Crippen molar-refractivity contribution in [2.75, 3.05) is 0 Å². The van der Waals surface area contributed by atoms with Crippen molar-refractivity contribution >= 4 is 39.1 Å². The highest BCUT2D eigenvalue weighted by molar-refractivity contribution is 9.10. The van der Waals surface area contributed by atoms with E-state index in [1.54, 1.807) is 0 Å². The Morgan fingerprint density at radius 3 is 2.46 bits per heavy atom. The molecule has 0 heterocycles. The fourth-order valence-electron chi connectivity index (χ4n) is 2.65. The smallest absolute Gasteiger partial charge is 0.0449 e. The van der Waals surface area contributed by atoms with E-state index in [-0.39, 0.29) is 0 Å². The molecular weight excluding hydrogens is 376 g/mol. The molecule has 2 rings (SSSR count). The molecule has 126 valence electrons. The van der Waals surface area contributed by atoms with Gasteiger partial charge in [0.05, 0.1) is 0 Å². The number of thiocarbonyl (C=S) groups is 1. The third-order valence-electron chi connectivity index (χ3n) is 4.08. The van der Waals surface area contributed by atoms with Gasteiger partial charge in [-0.25, -0.2) is 0 Å². The van der Waals surface area contributed by atoms with Crippen LogP contribution in [0.15, 0.2) is 59.1 Å². The Labute approximate surface area is 160 Å². The van der Waals surface area contributed by atoms with Gasteiger partial charge in [-0.15, -0.1) is 0 Å². The zero-order valence-electron chi connectivity index (χ0n) is 14.3. The minimum absolute atomic E-state index is 0.879. The quantitative estimate of drug-likeness (QED) is 0.183. The molecule has 0 bridgehead atoms. The molecule has 0 spiro atoms. The Kier molecular flexibility index (Phi) is 8.41. The first-order valence-electron chi connectivity index (χ1n) is 8.76. The van der Waals surface area contributed by atoms with Crippen molar-refractivity contribution in [3.8, 4) is 0 Å². The molecule has 0 N–H and O–H groups in total. The summed E-state index contributed by atoms with van der Waals surface area (Å²) in [5, 5.41) is 0. The van der Waals surface area contributed by atoms with Crippen LogP contribution in [-0.4, -0.2) is 4.86 Å². The van der Waals surface area contributed by atoms with E-state index >= 15 is 0 Å². The molecule has 0 aliphatic heterocycles. The Balaban J connectivity index is 1.86. The Morgan fingerprint density at radius 2 is 1.75 bits per heavy atom. The van der Waals surface area contributed by atoms with E-state index < -0.39 is 0 Å². The lowest BCUT2D eigenvalue weighted by Gasteiger charge is -2.04. The van der Waals surface area contributed by atoms with Crippen LogP contribution in [0.1, 0.15) is 55.7 Å². The summed E-state index contributed by atoms with van der Waals surface area (Å²) in [5.74, 6) is 0. The van der Waals surface area contributed by atoms with Gasteiger partial charge in [-0.3, -0.25) is 0 Å². The average Bonchev–Trinajstić information content (AvgIpc) is 2.60. The van der Waals surface area contributed by atoms with Gasteiger partial charge >= 0.3 is 0 Å². The SMILES string of the molecule is CCCCCCCc1ccc(C(=S)C=Cc2cccc(Br)c2)cc1. The number of unbranched alkanes of at least 4 members (excludes halogenated alkanes) is 4. The summed E-state index contributed by atoms with van der Waals surface area (Å²) in [6, 6.07) is 16.9. The van der Waals surface area contributed by atoms with Gasteiger partial charge in [0.25, 0.3) is 0 Å². The zero-order chi connectivity index (χ0) is 17.2. The molecule has 0 unspecified atom stereocenters. The number of hydrogen-bond donors (Lipinski definition) is 0. The van der Waals surface area contributed by atoms with Gasteiger partial charge < -0.3 is 0 Å². The van der Waals surface area contributed by atoms with Crippen molar-refractivity contribution in [2.45, 2.75) is 45.4 Å². The lowest BCUT2D eigenvalue weighted by Crippen LogP contribution is -1.93. The van der Waals surface area contributed by atoms with Crippen LogP contribution in [0, 0.1) is 0 Å². The van der Waals surface area contributed by atoms with Gasteiger partial charge in [0.15, 0.2) is 0 Å². The van der Waals surface area contributed by atoms with Gasteiger partial charge in [0.2, 0.25) is 0 Å². The zero-order valence-corrected chi connectivity index (χ0v) is 16.7. The topological polar surface area (TPSA) is 0 Å². The summed E-state index contributed by atoms with van der Waals surface area (Å²) in [4.78, 5) is 0.879. The molecule has 0 aromatic heterocycles. The van der Waals surface area contributed by atoms with Crippen LogP contribution in [0.4, 0.5) is 0 Å². The third-order valence-corrected chi connectivity index (χ3v) is 4.95. The lowest BCUT2D eigenvalue weighted by atomic mass is 10.0. The van der Waals surface area contributed by atoms with E-state index in [0.717, 1.165) is 20.5 Å². The molecule has 0 amide bonds. The van der Waals surface area contributed by atoms with Crippen LogP contribution in [-0.2, 0) is 6.42 Å². The van der Waals surface area contributed by atoms with E-state index in [1.807, 2.05) is 18.2 Å². The summed E-state index contributed by atoms with van der Waals surface area (Å²) in [7, 11) is 0. The molecular formula is C22H25BrS. The Morgan fingerprint density at radius 1 is 1.00 bits per heavy atom. The molecule has 0 atom stereocenters. The van der Waals surface area contributed by atoms with Crippen LogP contribution in [0.3, 0.4) is 0 Å². The second-order valence-electron chi connectivity index (χ2n) is 6.11. The van der Waals surface area contributed by atoms with Crippen molar-refractivity contribution in [3.63, 3.8) is 0 Å². The fourth-order valence-corrected chi connectivity index (χ4v) is 3.27. The predicted molar refractivity (Wildman–Crippen MR) is 114 cm³/mol. The molecule has 0 nitrogen and oxygen atoms in total. The Bertz CT molecular complexity index is 671. The van der Waals surface area contributed by atoms with Gasteiger partial charge in [-0.05, 0) is 47.7 Å². The summed E-state index contributed by atoms with van der Waals surface area (Å²) in [5.41, 5.74) is 3.68. The summed E-state index contributed by atoms with van der Waals surface area (Å²) in [6.45, 7) is 2.26. The van der Waals surface area contributed by atoms with Crippen molar-refractivity contribution in [3.05, 3.63) is 75.8 Å². The maximum absolute atomic E-state index is 5.53. The first-order valence-corrected chi connectivity index (χ1v) is 9.96. The molecule has 0 aliphatic carbocycles. The summed E-state index contributed by atoms with van der Waals surface area (Å²) < 4.78 is 1.08. The summed E-state index contributed by atoms with van der Waals surface area (Å²) >= 11 is 9.02. The fraction of sp³-hybridized carbons (Fsp3) is 0.318. The van der Waals surface area contributed by atoms with Crippen LogP contribution in [0.5, 0.6) is 0 Å². The Hall–Kier alpha value is -1.25. The molecule has 2 aromatic rings. The molecule has 0 aliphatic rings. The highest BCUT2D eigenvalue weighted by Crippen LogP contribution is 2.15. The van der Waals surface area contributed by atoms with Gasteiger partial charge in [-0.2, -0.15) is 0 Å². The van der Waals surface area contributed by atoms with E-state index in [2.05, 4.69) is 65.3 Å². The second-order valence-corrected chi connectivity index (χ2v) is 7.47. The number of allylic oxidation sites excluding steroid dienone is 1. The number of benzene rings is 2. The lowest BCUT2D eigenvalue weighted by molar-refractivity contribution is 0.632. The first-order chi connectivity index (χ1) is 11.7. The summed E-state index contributed by atoms with van der Waals surface area (Å²) in [6.07, 6.45) is 11.9. The normalized spacial score (nSPS) is 11.1. The molecule has 2 heteroatoms. The predicted octanol–water partition coefficient (Wildman–Crippen LogP) is 7.39. The van der Waals surface area contributed by atoms with Crippen LogP contribution < -0.4 is 0 Å². The number of hydrogen-bond acceptors (Lipinski definition) is 1. The molecule has 0 saturated heterocycles. The third kappa shape index (κ3) is 6.70. The molecule has 0 radical (unpaired) electrons. The first kappa shape index (κ1) is 19.1.